The van der Waals surface area contributed by atoms with Gasteiger partial charge in [-0.3, -0.25) is 4.79 Å². The van der Waals surface area contributed by atoms with Crippen LogP contribution in [0.2, 0.25) is 0 Å². The van der Waals surface area contributed by atoms with Crippen molar-refractivity contribution in [3.8, 4) is 0 Å². The van der Waals surface area contributed by atoms with E-state index in [1.54, 1.807) is 0 Å². The summed E-state index contributed by atoms with van der Waals surface area (Å²) in [4.78, 5) is 14.5. The molecule has 0 bridgehead atoms. The number of hydrogen-bond donors (Lipinski definition) is 0. The first-order chi connectivity index (χ1) is 10.8. The van der Waals surface area contributed by atoms with Gasteiger partial charge in [0, 0.05) is 26.1 Å². The van der Waals surface area contributed by atoms with Gasteiger partial charge in [0.25, 0.3) is 0 Å². The van der Waals surface area contributed by atoms with E-state index in [0.717, 1.165) is 51.8 Å². The summed E-state index contributed by atoms with van der Waals surface area (Å²) >= 11 is 0. The predicted molar refractivity (Wildman–Crippen MR) is 87.7 cm³/mol. The van der Waals surface area contributed by atoms with Gasteiger partial charge in [-0.15, -0.1) is 0 Å². The largest absolute Gasteiger partial charge is 0.378 e. The van der Waals surface area contributed by atoms with Crippen molar-refractivity contribution in [1.82, 2.24) is 4.90 Å². The fourth-order valence-corrected chi connectivity index (χ4v) is 3.72. The Morgan fingerprint density at radius 1 is 1.18 bits per heavy atom. The number of ether oxygens (including phenoxy) is 1. The third kappa shape index (κ3) is 4.33. The van der Waals surface area contributed by atoms with Gasteiger partial charge >= 0.3 is 0 Å². The van der Waals surface area contributed by atoms with Crippen LogP contribution in [0.1, 0.15) is 44.1 Å². The molecule has 0 saturated carbocycles. The first kappa shape index (κ1) is 15.5. The van der Waals surface area contributed by atoms with Crippen molar-refractivity contribution in [1.29, 1.82) is 0 Å². The monoisotopic (exact) mass is 301 g/mol. The Morgan fingerprint density at radius 3 is 2.82 bits per heavy atom. The van der Waals surface area contributed by atoms with Crippen LogP contribution in [0.4, 0.5) is 0 Å². The van der Waals surface area contributed by atoms with E-state index in [4.69, 9.17) is 4.74 Å². The van der Waals surface area contributed by atoms with Crippen molar-refractivity contribution in [2.24, 2.45) is 5.92 Å². The van der Waals surface area contributed by atoms with Crippen LogP contribution in [0, 0.1) is 5.92 Å². The van der Waals surface area contributed by atoms with Gasteiger partial charge in [-0.1, -0.05) is 30.3 Å². The molecule has 1 amide bonds. The molecule has 0 N–H and O–H groups in total. The van der Waals surface area contributed by atoms with Crippen molar-refractivity contribution in [3.63, 3.8) is 0 Å². The van der Waals surface area contributed by atoms with E-state index in [1.165, 1.54) is 12.0 Å². The molecule has 1 aromatic rings. The highest BCUT2D eigenvalue weighted by Gasteiger charge is 2.25. The minimum Gasteiger partial charge on any atom is -0.378 e. The number of nitrogens with zero attached hydrogens (tertiary/aromatic N) is 1. The molecule has 0 radical (unpaired) electrons. The molecule has 2 aliphatic rings. The molecule has 2 heterocycles. The number of likely N-dealkylation sites (tertiary alicyclic amines) is 1. The minimum atomic E-state index is 0.327. The molecule has 120 valence electrons. The van der Waals surface area contributed by atoms with E-state index >= 15 is 0 Å². The van der Waals surface area contributed by atoms with Crippen molar-refractivity contribution in [2.75, 3.05) is 19.7 Å². The summed E-state index contributed by atoms with van der Waals surface area (Å²) < 4.78 is 5.62. The number of piperidine rings is 1. The molecule has 2 aliphatic heterocycles. The Bertz CT molecular complexity index is 468. The van der Waals surface area contributed by atoms with Gasteiger partial charge in [-0.25, -0.2) is 0 Å². The number of carbonyl (C=O) groups is 1. The number of rotatable bonds is 5. The first-order valence-corrected chi connectivity index (χ1v) is 8.74. The van der Waals surface area contributed by atoms with Gasteiger partial charge in [0.1, 0.15) is 0 Å². The van der Waals surface area contributed by atoms with Gasteiger partial charge in [0.2, 0.25) is 5.91 Å². The number of hydrogen-bond acceptors (Lipinski definition) is 2. The highest BCUT2D eigenvalue weighted by atomic mass is 16.5. The van der Waals surface area contributed by atoms with Crippen molar-refractivity contribution in [3.05, 3.63) is 35.9 Å². The lowest BCUT2D eigenvalue weighted by Crippen LogP contribution is -2.40. The number of amides is 1. The third-order valence-corrected chi connectivity index (χ3v) is 4.94. The van der Waals surface area contributed by atoms with Crippen LogP contribution in [0.3, 0.4) is 0 Å². The van der Waals surface area contributed by atoms with E-state index in [2.05, 4.69) is 35.2 Å². The van der Waals surface area contributed by atoms with Crippen LogP contribution in [-0.2, 0) is 16.0 Å². The quantitative estimate of drug-likeness (QED) is 0.834. The summed E-state index contributed by atoms with van der Waals surface area (Å²) in [5, 5.41) is 0. The third-order valence-electron chi connectivity index (χ3n) is 4.94. The molecule has 2 fully saturated rings. The predicted octanol–water partition coefficient (Wildman–Crippen LogP) is 3.43. The van der Waals surface area contributed by atoms with Crippen LogP contribution in [0.15, 0.2) is 30.3 Å². The molecule has 2 saturated heterocycles. The molecule has 0 aliphatic carbocycles. The average Bonchev–Trinajstić information content (AvgIpc) is 3.07. The lowest BCUT2D eigenvalue weighted by atomic mass is 9.91. The van der Waals surface area contributed by atoms with E-state index < -0.39 is 0 Å². The molecule has 0 unspecified atom stereocenters. The summed E-state index contributed by atoms with van der Waals surface area (Å²) in [5.41, 5.74) is 1.39. The standard InChI is InChI=1S/C19H27NO2/c21-19(11-10-18-9-5-13-22-18)20-12-4-8-17(15-20)14-16-6-2-1-3-7-16/h1-3,6-7,17-18H,4-5,8-15H2/t17-,18-/m1/s1. The van der Waals surface area contributed by atoms with Crippen LogP contribution in [-0.4, -0.2) is 36.6 Å². The van der Waals surface area contributed by atoms with Crippen molar-refractivity contribution >= 4 is 5.91 Å². The molecule has 3 heteroatoms. The van der Waals surface area contributed by atoms with E-state index in [0.29, 0.717) is 24.3 Å². The maximum absolute atomic E-state index is 12.4. The van der Waals surface area contributed by atoms with E-state index in [-0.39, 0.29) is 0 Å². The maximum atomic E-state index is 12.4. The smallest absolute Gasteiger partial charge is 0.222 e. The van der Waals surface area contributed by atoms with Gasteiger partial charge in [-0.05, 0) is 50.0 Å². The second-order valence-electron chi connectivity index (χ2n) is 6.71. The normalized spacial score (nSPS) is 25.4. The first-order valence-electron chi connectivity index (χ1n) is 8.74. The molecule has 3 nitrogen and oxygen atoms in total. The SMILES string of the molecule is O=C(CC[C@H]1CCCO1)N1CCC[C@H](Cc2ccccc2)C1. The molecule has 0 spiro atoms. The highest BCUT2D eigenvalue weighted by molar-refractivity contribution is 5.76. The lowest BCUT2D eigenvalue weighted by molar-refractivity contribution is -0.133. The minimum absolute atomic E-state index is 0.327. The Labute approximate surface area is 133 Å². The van der Waals surface area contributed by atoms with Crippen molar-refractivity contribution < 1.29 is 9.53 Å². The van der Waals surface area contributed by atoms with E-state index in [9.17, 15) is 4.79 Å². The van der Waals surface area contributed by atoms with Crippen LogP contribution in [0.25, 0.3) is 0 Å². The topological polar surface area (TPSA) is 29.5 Å². The molecule has 1 aromatic carbocycles. The summed E-state index contributed by atoms with van der Waals surface area (Å²) in [7, 11) is 0. The Hall–Kier alpha value is -1.35. The Kier molecular flexibility index (Phi) is 5.49. The van der Waals surface area contributed by atoms with Crippen LogP contribution >= 0.6 is 0 Å². The van der Waals surface area contributed by atoms with E-state index in [1.807, 2.05) is 0 Å². The summed E-state index contributed by atoms with van der Waals surface area (Å²) in [6.07, 6.45) is 7.64. The fraction of sp³-hybridized carbons (Fsp3) is 0.632. The van der Waals surface area contributed by atoms with Gasteiger partial charge in [-0.2, -0.15) is 0 Å². The van der Waals surface area contributed by atoms with Gasteiger partial charge in [0.15, 0.2) is 0 Å². The van der Waals surface area contributed by atoms with Gasteiger partial charge in [0.05, 0.1) is 6.10 Å². The number of carbonyl (C=O) groups excluding carboxylic acids is 1. The second-order valence-corrected chi connectivity index (χ2v) is 6.71. The zero-order valence-electron chi connectivity index (χ0n) is 13.4. The molecular formula is C19H27NO2. The van der Waals surface area contributed by atoms with Crippen molar-refractivity contribution in [2.45, 2.75) is 51.0 Å². The zero-order valence-corrected chi connectivity index (χ0v) is 13.4. The molecule has 3 rings (SSSR count). The second kappa shape index (κ2) is 7.77. The molecule has 0 aromatic heterocycles. The summed E-state index contributed by atoms with van der Waals surface area (Å²) in [6, 6.07) is 10.6. The number of benzene rings is 1. The summed E-state index contributed by atoms with van der Waals surface area (Å²) in [6.45, 7) is 2.75. The molecular weight excluding hydrogens is 274 g/mol. The fourth-order valence-electron chi connectivity index (χ4n) is 3.72. The highest BCUT2D eigenvalue weighted by Crippen LogP contribution is 2.23. The lowest BCUT2D eigenvalue weighted by Gasteiger charge is -2.33. The van der Waals surface area contributed by atoms with Gasteiger partial charge < -0.3 is 9.64 Å². The maximum Gasteiger partial charge on any atom is 0.222 e. The Balaban J connectivity index is 1.46. The van der Waals surface area contributed by atoms with Crippen LogP contribution in [0.5, 0.6) is 0 Å². The zero-order chi connectivity index (χ0) is 15.2. The summed E-state index contributed by atoms with van der Waals surface area (Å²) in [5.74, 6) is 0.941. The Morgan fingerprint density at radius 2 is 2.05 bits per heavy atom. The molecule has 22 heavy (non-hydrogen) atoms. The average molecular weight is 301 g/mol. The molecule has 2 atom stereocenters. The van der Waals surface area contributed by atoms with Crippen LogP contribution < -0.4 is 0 Å².